The Morgan fingerprint density at radius 3 is 3.11 bits per heavy atom. The first-order valence-electron chi connectivity index (χ1n) is 6.29. The van der Waals surface area contributed by atoms with Crippen LogP contribution in [0.4, 0.5) is 11.4 Å². The van der Waals surface area contributed by atoms with Crippen LogP contribution in [0.15, 0.2) is 24.3 Å². The van der Waals surface area contributed by atoms with E-state index in [-0.39, 0.29) is 11.9 Å². The van der Waals surface area contributed by atoms with Crippen LogP contribution in [-0.2, 0) is 9.53 Å². The van der Waals surface area contributed by atoms with E-state index in [0.717, 1.165) is 24.5 Å². The molecule has 1 fully saturated rings. The fraction of sp³-hybridized carbons (Fsp3) is 0.462. The molecule has 0 saturated carbocycles. The van der Waals surface area contributed by atoms with E-state index in [1.165, 1.54) is 0 Å². The van der Waals surface area contributed by atoms with E-state index in [9.17, 15) is 4.79 Å². The average molecular weight is 247 g/mol. The summed E-state index contributed by atoms with van der Waals surface area (Å²) < 4.78 is 5.43. The molecule has 1 amide bonds. The number of anilines is 2. The van der Waals surface area contributed by atoms with Crippen LogP contribution in [0.2, 0.25) is 0 Å². The van der Waals surface area contributed by atoms with Crippen LogP contribution in [0, 0.1) is 0 Å². The molecule has 0 aliphatic carbocycles. The summed E-state index contributed by atoms with van der Waals surface area (Å²) in [6.07, 6.45) is 0. The summed E-state index contributed by atoms with van der Waals surface area (Å²) in [7, 11) is 0. The third-order valence-electron chi connectivity index (χ3n) is 3.33. The molecule has 1 saturated heterocycles. The van der Waals surface area contributed by atoms with Gasteiger partial charge < -0.3 is 20.3 Å². The van der Waals surface area contributed by atoms with Gasteiger partial charge in [-0.15, -0.1) is 0 Å². The third-order valence-corrected chi connectivity index (χ3v) is 3.33. The molecule has 5 nitrogen and oxygen atoms in total. The van der Waals surface area contributed by atoms with E-state index in [4.69, 9.17) is 4.74 Å². The lowest BCUT2D eigenvalue weighted by Crippen LogP contribution is -2.52. The largest absolute Gasteiger partial charge is 0.378 e. The van der Waals surface area contributed by atoms with E-state index >= 15 is 0 Å². The minimum atomic E-state index is 0.112. The molecular weight excluding hydrogens is 230 g/mol. The van der Waals surface area contributed by atoms with Gasteiger partial charge in [-0.25, -0.2) is 0 Å². The third kappa shape index (κ3) is 2.19. The number of carbonyl (C=O) groups excluding carboxylic acids is 1. The predicted octanol–water partition coefficient (Wildman–Crippen LogP) is 0.433. The molecule has 1 aromatic rings. The monoisotopic (exact) mass is 247 g/mol. The van der Waals surface area contributed by atoms with Crippen LogP contribution in [0.5, 0.6) is 0 Å². The second kappa shape index (κ2) is 4.96. The molecule has 2 aliphatic rings. The van der Waals surface area contributed by atoms with Crippen molar-refractivity contribution in [1.29, 1.82) is 0 Å². The summed E-state index contributed by atoms with van der Waals surface area (Å²) >= 11 is 0. The number of carbonyl (C=O) groups is 1. The quantitative estimate of drug-likeness (QED) is 0.796. The molecule has 1 aromatic carbocycles. The number of para-hydroxylation sites is 2. The minimum Gasteiger partial charge on any atom is -0.378 e. The van der Waals surface area contributed by atoms with Crippen LogP contribution in [0.25, 0.3) is 0 Å². The van der Waals surface area contributed by atoms with Gasteiger partial charge in [0.25, 0.3) is 0 Å². The van der Waals surface area contributed by atoms with Gasteiger partial charge in [0.2, 0.25) is 5.91 Å². The number of hydrogen-bond acceptors (Lipinski definition) is 4. The number of nitrogens with one attached hydrogen (secondary N) is 2. The standard InChI is InChI=1S/C13H17N3O2/c17-13-7-15-11-3-1-2-4-12(11)16(13)8-10-9-18-6-5-14-10/h1-4,10,14-15H,5-9H2. The van der Waals surface area contributed by atoms with Crippen molar-refractivity contribution in [3.05, 3.63) is 24.3 Å². The molecule has 1 atom stereocenters. The molecular formula is C13H17N3O2. The van der Waals surface area contributed by atoms with Crippen molar-refractivity contribution in [2.45, 2.75) is 6.04 Å². The van der Waals surface area contributed by atoms with Gasteiger partial charge in [0.05, 0.1) is 31.1 Å². The Labute approximate surface area is 106 Å². The Morgan fingerprint density at radius 1 is 1.39 bits per heavy atom. The molecule has 5 heteroatoms. The van der Waals surface area contributed by atoms with Gasteiger partial charge in [-0.2, -0.15) is 0 Å². The fourth-order valence-electron chi connectivity index (χ4n) is 2.42. The summed E-state index contributed by atoms with van der Waals surface area (Å²) in [5, 5.41) is 6.52. The lowest BCUT2D eigenvalue weighted by atomic mass is 10.1. The lowest BCUT2D eigenvalue weighted by Gasteiger charge is -2.34. The Kier molecular flexibility index (Phi) is 3.17. The zero-order valence-corrected chi connectivity index (χ0v) is 10.2. The van der Waals surface area contributed by atoms with Crippen LogP contribution in [0.3, 0.4) is 0 Å². The molecule has 2 N–H and O–H groups in total. The second-order valence-electron chi connectivity index (χ2n) is 4.60. The van der Waals surface area contributed by atoms with E-state index < -0.39 is 0 Å². The Balaban J connectivity index is 1.79. The number of morpholine rings is 1. The minimum absolute atomic E-state index is 0.112. The topological polar surface area (TPSA) is 53.6 Å². The highest BCUT2D eigenvalue weighted by Gasteiger charge is 2.26. The second-order valence-corrected chi connectivity index (χ2v) is 4.60. The van der Waals surface area contributed by atoms with Crippen molar-refractivity contribution in [3.8, 4) is 0 Å². The molecule has 0 aromatic heterocycles. The number of fused-ring (bicyclic) bond motifs is 1. The molecule has 2 heterocycles. The Bertz CT molecular complexity index is 444. The SMILES string of the molecule is O=C1CNc2ccccc2N1CC1COCCN1. The average Bonchev–Trinajstić information content (AvgIpc) is 2.43. The molecule has 96 valence electrons. The molecule has 0 radical (unpaired) electrons. The van der Waals surface area contributed by atoms with Crippen molar-refractivity contribution in [2.75, 3.05) is 43.1 Å². The maximum atomic E-state index is 12.0. The van der Waals surface area contributed by atoms with E-state index in [2.05, 4.69) is 10.6 Å². The van der Waals surface area contributed by atoms with E-state index in [1.807, 2.05) is 29.2 Å². The number of nitrogens with zero attached hydrogens (tertiary/aromatic N) is 1. The van der Waals surface area contributed by atoms with Crippen molar-refractivity contribution in [1.82, 2.24) is 5.32 Å². The van der Waals surface area contributed by atoms with E-state index in [1.54, 1.807) is 0 Å². The number of hydrogen-bond donors (Lipinski definition) is 2. The summed E-state index contributed by atoms with van der Waals surface area (Å²) in [4.78, 5) is 13.9. The first-order valence-corrected chi connectivity index (χ1v) is 6.29. The van der Waals surface area contributed by atoms with Crippen molar-refractivity contribution >= 4 is 17.3 Å². The number of benzene rings is 1. The maximum absolute atomic E-state index is 12.0. The van der Waals surface area contributed by atoms with Gasteiger partial charge in [-0.05, 0) is 12.1 Å². The van der Waals surface area contributed by atoms with Crippen LogP contribution >= 0.6 is 0 Å². The zero-order valence-electron chi connectivity index (χ0n) is 10.2. The molecule has 0 bridgehead atoms. The smallest absolute Gasteiger partial charge is 0.246 e. The highest BCUT2D eigenvalue weighted by atomic mass is 16.5. The Hall–Kier alpha value is -1.59. The maximum Gasteiger partial charge on any atom is 0.246 e. The van der Waals surface area contributed by atoms with Gasteiger partial charge in [-0.3, -0.25) is 4.79 Å². The lowest BCUT2D eigenvalue weighted by molar-refractivity contribution is -0.117. The number of rotatable bonds is 2. The first kappa shape index (κ1) is 11.5. The zero-order chi connectivity index (χ0) is 12.4. The van der Waals surface area contributed by atoms with Crippen molar-refractivity contribution in [3.63, 3.8) is 0 Å². The van der Waals surface area contributed by atoms with Gasteiger partial charge in [0.15, 0.2) is 0 Å². The molecule has 3 rings (SSSR count). The normalized spacial score (nSPS) is 23.4. The first-order chi connectivity index (χ1) is 8.84. The highest BCUT2D eigenvalue weighted by Crippen LogP contribution is 2.28. The fourth-order valence-corrected chi connectivity index (χ4v) is 2.42. The summed E-state index contributed by atoms with van der Waals surface area (Å²) in [5.41, 5.74) is 1.98. The van der Waals surface area contributed by atoms with Gasteiger partial charge in [0.1, 0.15) is 0 Å². The van der Waals surface area contributed by atoms with E-state index in [0.29, 0.717) is 19.7 Å². The molecule has 2 aliphatic heterocycles. The summed E-state index contributed by atoms with van der Waals surface area (Å²) in [6.45, 7) is 3.30. The summed E-state index contributed by atoms with van der Waals surface area (Å²) in [5.74, 6) is 0.112. The number of amides is 1. The number of ether oxygens (including phenoxy) is 1. The van der Waals surface area contributed by atoms with Crippen LogP contribution < -0.4 is 15.5 Å². The molecule has 18 heavy (non-hydrogen) atoms. The van der Waals surface area contributed by atoms with Gasteiger partial charge >= 0.3 is 0 Å². The highest BCUT2D eigenvalue weighted by molar-refractivity contribution is 6.02. The Morgan fingerprint density at radius 2 is 2.28 bits per heavy atom. The van der Waals surface area contributed by atoms with Crippen LogP contribution in [0.1, 0.15) is 0 Å². The van der Waals surface area contributed by atoms with Crippen LogP contribution in [-0.4, -0.2) is 44.8 Å². The van der Waals surface area contributed by atoms with Crippen molar-refractivity contribution < 1.29 is 9.53 Å². The van der Waals surface area contributed by atoms with Crippen molar-refractivity contribution in [2.24, 2.45) is 0 Å². The van der Waals surface area contributed by atoms with Gasteiger partial charge in [-0.1, -0.05) is 12.1 Å². The predicted molar refractivity (Wildman–Crippen MR) is 69.9 cm³/mol. The summed E-state index contributed by atoms with van der Waals surface area (Å²) in [6, 6.07) is 8.12. The van der Waals surface area contributed by atoms with Gasteiger partial charge in [0, 0.05) is 19.1 Å². The molecule has 1 unspecified atom stereocenters. The molecule has 0 spiro atoms.